The van der Waals surface area contributed by atoms with Gasteiger partial charge in [-0.2, -0.15) is 11.1 Å². The molecule has 0 aliphatic carbocycles. The Labute approximate surface area is 151 Å². The second-order valence-corrected chi connectivity index (χ2v) is 8.45. The zero-order valence-electron chi connectivity index (χ0n) is 14.9. The van der Waals surface area contributed by atoms with E-state index in [1.54, 1.807) is 0 Å². The number of unbranched alkanes of at least 4 members (excludes halogenated alkanes) is 11. The molecular weight excluding hydrogens is 316 g/mol. The Balaban J connectivity index is 1.87. The molecule has 0 nitrogen and oxygen atoms in total. The van der Waals surface area contributed by atoms with E-state index in [9.17, 15) is 0 Å². The fourth-order valence-corrected chi connectivity index (χ4v) is 4.60. The molecule has 0 N–H and O–H groups in total. The van der Waals surface area contributed by atoms with E-state index in [1.165, 1.54) is 94.2 Å². The quantitative estimate of drug-likeness (QED) is 0.156. The van der Waals surface area contributed by atoms with Crippen LogP contribution in [0.4, 0.5) is 0 Å². The summed E-state index contributed by atoms with van der Waals surface area (Å²) in [5.41, 5.74) is 1.51. The first-order chi connectivity index (χ1) is 11.4. The molecule has 0 amide bonds. The minimum Gasteiger partial charge on any atom is -0.170 e. The number of aryl methyl sites for hydroxylation is 1. The first-order valence-electron chi connectivity index (χ1n) is 9.62. The van der Waals surface area contributed by atoms with Gasteiger partial charge in [-0.1, -0.05) is 88.1 Å². The predicted molar refractivity (Wildman–Crippen MR) is 110 cm³/mol. The standard InChI is InChI=1S/C21H35ClSi/c1-2-3-4-5-6-7-8-9-10-11-12-13-14-17-20-18-15-16-19-21(20)23-22/h2,15-16,18-19H,1,3-14,17,23H2. The zero-order chi connectivity index (χ0) is 16.6. The lowest BCUT2D eigenvalue weighted by atomic mass is 10.0. The van der Waals surface area contributed by atoms with Gasteiger partial charge in [-0.3, -0.25) is 0 Å². The molecular formula is C21H35ClSi. The minimum absolute atomic E-state index is 0.533. The molecule has 0 fully saturated rings. The van der Waals surface area contributed by atoms with Crippen LogP contribution in [0.2, 0.25) is 0 Å². The zero-order valence-corrected chi connectivity index (χ0v) is 17.0. The molecule has 130 valence electrons. The molecule has 1 rings (SSSR count). The molecule has 0 unspecified atom stereocenters. The van der Waals surface area contributed by atoms with E-state index in [0.717, 1.165) is 0 Å². The highest BCUT2D eigenvalue weighted by molar-refractivity contribution is 7.01. The van der Waals surface area contributed by atoms with Crippen molar-refractivity contribution in [2.45, 2.75) is 83.5 Å². The van der Waals surface area contributed by atoms with E-state index >= 15 is 0 Å². The molecule has 0 heterocycles. The van der Waals surface area contributed by atoms with Gasteiger partial charge in [0.2, 0.25) is 0 Å². The Kier molecular flexibility index (Phi) is 13.4. The Hall–Kier alpha value is -0.533. The third-order valence-corrected chi connectivity index (χ3v) is 6.46. The Morgan fingerprint density at radius 1 is 0.783 bits per heavy atom. The smallest absolute Gasteiger partial charge is 0.156 e. The molecule has 0 radical (unpaired) electrons. The molecule has 0 aliphatic heterocycles. The van der Waals surface area contributed by atoms with Crippen LogP contribution in [0, 0.1) is 0 Å². The molecule has 0 aromatic heterocycles. The first kappa shape index (κ1) is 20.5. The fourth-order valence-electron chi connectivity index (χ4n) is 3.13. The third kappa shape index (κ3) is 10.8. The Morgan fingerprint density at radius 2 is 1.30 bits per heavy atom. The highest BCUT2D eigenvalue weighted by Crippen LogP contribution is 2.13. The first-order valence-corrected chi connectivity index (χ1v) is 12.5. The fraction of sp³-hybridized carbons (Fsp3) is 0.619. The molecule has 0 saturated heterocycles. The highest BCUT2D eigenvalue weighted by Gasteiger charge is 2.00. The van der Waals surface area contributed by atoms with Gasteiger partial charge >= 0.3 is 0 Å². The van der Waals surface area contributed by atoms with Crippen molar-refractivity contribution >= 4 is 25.1 Å². The largest absolute Gasteiger partial charge is 0.170 e. The van der Waals surface area contributed by atoms with Crippen LogP contribution in [0.15, 0.2) is 36.9 Å². The summed E-state index contributed by atoms with van der Waals surface area (Å²) in [6.07, 6.45) is 19.8. The molecule has 1 aromatic rings. The van der Waals surface area contributed by atoms with Gasteiger partial charge in [0.15, 0.2) is 8.83 Å². The summed E-state index contributed by atoms with van der Waals surface area (Å²) in [7, 11) is -0.533. The van der Waals surface area contributed by atoms with E-state index in [0.29, 0.717) is 0 Å². The van der Waals surface area contributed by atoms with Gasteiger partial charge in [-0.25, -0.2) is 0 Å². The summed E-state index contributed by atoms with van der Waals surface area (Å²) in [4.78, 5) is 0. The second-order valence-electron chi connectivity index (χ2n) is 6.62. The molecule has 0 saturated carbocycles. The van der Waals surface area contributed by atoms with Crippen LogP contribution in [-0.2, 0) is 6.42 Å². The molecule has 1 aromatic carbocycles. The molecule has 23 heavy (non-hydrogen) atoms. The summed E-state index contributed by atoms with van der Waals surface area (Å²) in [6, 6.07) is 8.75. The van der Waals surface area contributed by atoms with Crippen molar-refractivity contribution in [3.05, 3.63) is 42.5 Å². The van der Waals surface area contributed by atoms with E-state index in [2.05, 4.69) is 30.8 Å². The lowest BCUT2D eigenvalue weighted by molar-refractivity contribution is 0.546. The third-order valence-electron chi connectivity index (χ3n) is 4.62. The average Bonchev–Trinajstić information content (AvgIpc) is 2.59. The van der Waals surface area contributed by atoms with Gasteiger partial charge in [0, 0.05) is 0 Å². The normalized spacial score (nSPS) is 11.3. The van der Waals surface area contributed by atoms with Crippen LogP contribution in [0.1, 0.15) is 82.6 Å². The van der Waals surface area contributed by atoms with Crippen molar-refractivity contribution in [3.63, 3.8) is 0 Å². The maximum Gasteiger partial charge on any atom is 0.156 e. The molecule has 0 aliphatic rings. The number of halogens is 1. The molecule has 0 atom stereocenters. The van der Waals surface area contributed by atoms with E-state index < -0.39 is 8.83 Å². The topological polar surface area (TPSA) is 0 Å². The van der Waals surface area contributed by atoms with Gasteiger partial charge in [0.1, 0.15) is 0 Å². The lowest BCUT2D eigenvalue weighted by Crippen LogP contribution is -2.14. The van der Waals surface area contributed by atoms with Crippen LogP contribution in [0.25, 0.3) is 0 Å². The van der Waals surface area contributed by atoms with Crippen LogP contribution >= 0.6 is 11.1 Å². The summed E-state index contributed by atoms with van der Waals surface area (Å²) in [5, 5.41) is 1.45. The van der Waals surface area contributed by atoms with Gasteiger partial charge < -0.3 is 0 Å². The number of hydrogen-bond donors (Lipinski definition) is 0. The number of benzene rings is 1. The van der Waals surface area contributed by atoms with E-state index in [1.807, 2.05) is 6.08 Å². The minimum atomic E-state index is -0.533. The maximum absolute atomic E-state index is 6.12. The van der Waals surface area contributed by atoms with Crippen LogP contribution < -0.4 is 5.19 Å². The van der Waals surface area contributed by atoms with Crippen molar-refractivity contribution in [1.82, 2.24) is 0 Å². The highest BCUT2D eigenvalue weighted by atomic mass is 35.6. The van der Waals surface area contributed by atoms with Crippen LogP contribution in [0.3, 0.4) is 0 Å². The maximum atomic E-state index is 6.12. The predicted octanol–water partition coefficient (Wildman–Crippen LogP) is 6.04. The van der Waals surface area contributed by atoms with Crippen molar-refractivity contribution in [2.75, 3.05) is 0 Å². The summed E-state index contributed by atoms with van der Waals surface area (Å²) < 4.78 is 0. The second kappa shape index (κ2) is 15.0. The monoisotopic (exact) mass is 350 g/mol. The van der Waals surface area contributed by atoms with Crippen molar-refractivity contribution in [1.29, 1.82) is 0 Å². The van der Waals surface area contributed by atoms with Crippen LogP contribution in [-0.4, -0.2) is 8.83 Å². The molecule has 0 bridgehead atoms. The number of allylic oxidation sites excluding steroid dienone is 1. The van der Waals surface area contributed by atoms with Gasteiger partial charge in [-0.15, -0.1) is 6.58 Å². The summed E-state index contributed by atoms with van der Waals surface area (Å²) in [6.45, 7) is 3.77. The Morgan fingerprint density at radius 3 is 1.87 bits per heavy atom. The lowest BCUT2D eigenvalue weighted by Gasteiger charge is -2.06. The summed E-state index contributed by atoms with van der Waals surface area (Å²) >= 11 is 6.12. The van der Waals surface area contributed by atoms with Crippen molar-refractivity contribution in [3.8, 4) is 0 Å². The van der Waals surface area contributed by atoms with Gasteiger partial charge in [0.05, 0.1) is 0 Å². The average molecular weight is 351 g/mol. The van der Waals surface area contributed by atoms with Gasteiger partial charge in [-0.05, 0) is 36.4 Å². The van der Waals surface area contributed by atoms with E-state index in [4.69, 9.17) is 11.1 Å². The number of hydrogen-bond acceptors (Lipinski definition) is 0. The van der Waals surface area contributed by atoms with E-state index in [-0.39, 0.29) is 0 Å². The summed E-state index contributed by atoms with van der Waals surface area (Å²) in [5.74, 6) is 0. The molecule has 2 heteroatoms. The Bertz CT molecular complexity index is 403. The molecule has 0 spiro atoms. The van der Waals surface area contributed by atoms with Crippen LogP contribution in [0.5, 0.6) is 0 Å². The number of rotatable bonds is 15. The van der Waals surface area contributed by atoms with Gasteiger partial charge in [0.25, 0.3) is 0 Å². The van der Waals surface area contributed by atoms with Crippen molar-refractivity contribution < 1.29 is 0 Å². The SMILES string of the molecule is C=CCCCCCCCCCCCCCc1ccccc1[SiH2]Cl. The van der Waals surface area contributed by atoms with Crippen molar-refractivity contribution in [2.24, 2.45) is 0 Å².